The summed E-state index contributed by atoms with van der Waals surface area (Å²) in [7, 11) is -3.66. The third kappa shape index (κ3) is 4.24. The smallest absolute Gasteiger partial charge is 0.256 e. The van der Waals surface area contributed by atoms with Gasteiger partial charge in [0.25, 0.3) is 5.88 Å². The van der Waals surface area contributed by atoms with Crippen molar-refractivity contribution in [1.82, 2.24) is 9.78 Å². The lowest BCUT2D eigenvalue weighted by atomic mass is 10.6. The average Bonchev–Trinajstić information content (AvgIpc) is 2.50. The van der Waals surface area contributed by atoms with Gasteiger partial charge in [-0.2, -0.15) is 0 Å². The third-order valence-corrected chi connectivity index (χ3v) is 3.78. The molecular formula is C10H21N3O2Si. The third-order valence-electron chi connectivity index (χ3n) is 2.07. The fraction of sp³-hybridized carbons (Fsp3) is 0.700. The molecule has 0 bridgehead atoms. The van der Waals surface area contributed by atoms with E-state index in [0.29, 0.717) is 6.61 Å². The van der Waals surface area contributed by atoms with Crippen LogP contribution < -0.4 is 10.5 Å². The monoisotopic (exact) mass is 246 g/mol. The Hall–Kier alpha value is -1.01. The highest BCUT2D eigenvalue weighted by molar-refractivity contribution is 6.76. The number of nitrogens with zero attached hydrogens (tertiary/aromatic N) is 2. The predicted molar refractivity (Wildman–Crippen MR) is 67.3 cm³/mol. The van der Waals surface area contributed by atoms with Gasteiger partial charge in [0.05, 0.1) is 17.3 Å². The highest BCUT2D eigenvalue weighted by Crippen LogP contribution is 2.17. The van der Waals surface area contributed by atoms with E-state index in [1.807, 2.05) is 0 Å². The van der Waals surface area contributed by atoms with E-state index in [2.05, 4.69) is 29.5 Å². The SMILES string of the molecule is [2H]C([2H])([2H])Oc1nn(COCC[Si](C)(C)C)cc1N. The minimum Gasteiger partial charge on any atom is -0.478 e. The van der Waals surface area contributed by atoms with Crippen molar-refractivity contribution in [3.8, 4) is 5.88 Å². The summed E-state index contributed by atoms with van der Waals surface area (Å²) in [5.41, 5.74) is 5.80. The molecule has 5 nitrogen and oxygen atoms in total. The lowest BCUT2D eigenvalue weighted by molar-refractivity contribution is 0.0777. The van der Waals surface area contributed by atoms with Crippen molar-refractivity contribution in [2.75, 3.05) is 19.4 Å². The molecule has 1 aromatic rings. The Morgan fingerprint density at radius 3 is 2.94 bits per heavy atom. The molecule has 0 aliphatic carbocycles. The number of hydrogen-bond donors (Lipinski definition) is 1. The van der Waals surface area contributed by atoms with E-state index in [0.717, 1.165) is 6.04 Å². The van der Waals surface area contributed by atoms with Gasteiger partial charge in [-0.15, -0.1) is 5.10 Å². The second-order valence-corrected chi connectivity index (χ2v) is 10.5. The first kappa shape index (κ1) is 9.06. The average molecular weight is 246 g/mol. The Bertz CT molecular complexity index is 415. The maximum Gasteiger partial charge on any atom is 0.256 e. The van der Waals surface area contributed by atoms with Crippen LogP contribution in [0.15, 0.2) is 6.20 Å². The summed E-state index contributed by atoms with van der Waals surface area (Å²) in [4.78, 5) is 0. The summed E-state index contributed by atoms with van der Waals surface area (Å²) in [5, 5.41) is 3.92. The van der Waals surface area contributed by atoms with Crippen molar-refractivity contribution in [1.29, 1.82) is 0 Å². The lowest BCUT2D eigenvalue weighted by Crippen LogP contribution is -2.22. The van der Waals surface area contributed by atoms with Gasteiger partial charge in [-0.1, -0.05) is 19.6 Å². The maximum atomic E-state index is 6.99. The van der Waals surface area contributed by atoms with Crippen LogP contribution in [0, 0.1) is 0 Å². The van der Waals surface area contributed by atoms with E-state index in [1.165, 1.54) is 10.9 Å². The van der Waals surface area contributed by atoms with Gasteiger partial charge >= 0.3 is 0 Å². The second kappa shape index (κ2) is 5.36. The minimum absolute atomic E-state index is 0.0891. The Labute approximate surface area is 102 Å². The van der Waals surface area contributed by atoms with Crippen LogP contribution >= 0.6 is 0 Å². The minimum atomic E-state index is -2.55. The second-order valence-electron chi connectivity index (χ2n) is 4.88. The van der Waals surface area contributed by atoms with Crippen LogP contribution in [0.1, 0.15) is 4.11 Å². The Balaban J connectivity index is 2.46. The lowest BCUT2D eigenvalue weighted by Gasteiger charge is -2.15. The number of rotatable bonds is 6. The topological polar surface area (TPSA) is 62.3 Å². The summed E-state index contributed by atoms with van der Waals surface area (Å²) >= 11 is 0. The maximum absolute atomic E-state index is 6.99. The number of methoxy groups -OCH3 is 1. The number of nitrogen functional groups attached to an aromatic ring is 1. The van der Waals surface area contributed by atoms with E-state index in [1.54, 1.807) is 0 Å². The van der Waals surface area contributed by atoms with Crippen molar-refractivity contribution in [2.24, 2.45) is 0 Å². The zero-order valence-electron chi connectivity index (χ0n) is 13.0. The number of anilines is 1. The molecule has 0 fully saturated rings. The summed E-state index contributed by atoms with van der Waals surface area (Å²) in [6.07, 6.45) is 1.50. The molecule has 0 amide bonds. The van der Waals surface area contributed by atoms with Crippen LogP contribution in [-0.2, 0) is 11.5 Å². The van der Waals surface area contributed by atoms with Crippen LogP contribution in [0.3, 0.4) is 0 Å². The molecule has 0 spiro atoms. The highest BCUT2D eigenvalue weighted by Gasteiger charge is 2.12. The fourth-order valence-electron chi connectivity index (χ4n) is 1.10. The van der Waals surface area contributed by atoms with Crippen LogP contribution in [0.2, 0.25) is 25.7 Å². The number of ether oxygens (including phenoxy) is 2. The van der Waals surface area contributed by atoms with E-state index in [-0.39, 0.29) is 18.3 Å². The zero-order chi connectivity index (χ0) is 14.7. The van der Waals surface area contributed by atoms with Crippen LogP contribution in [0.25, 0.3) is 0 Å². The number of hydrogen-bond acceptors (Lipinski definition) is 4. The van der Waals surface area contributed by atoms with Gasteiger partial charge in [-0.3, -0.25) is 0 Å². The molecule has 0 radical (unpaired) electrons. The van der Waals surface area contributed by atoms with Gasteiger partial charge in [0.2, 0.25) is 0 Å². The van der Waals surface area contributed by atoms with E-state index in [9.17, 15) is 0 Å². The zero-order valence-corrected chi connectivity index (χ0v) is 11.0. The molecule has 1 aromatic heterocycles. The van der Waals surface area contributed by atoms with E-state index < -0.39 is 15.1 Å². The molecule has 1 rings (SSSR count). The molecule has 2 N–H and O–H groups in total. The summed E-state index contributed by atoms with van der Waals surface area (Å²) in [5.74, 6) is -0.0891. The molecule has 6 heteroatoms. The molecule has 1 heterocycles. The molecule has 0 atom stereocenters. The molecule has 0 aliphatic rings. The molecule has 0 saturated heterocycles. The van der Waals surface area contributed by atoms with Gasteiger partial charge < -0.3 is 15.2 Å². The Morgan fingerprint density at radius 2 is 2.31 bits per heavy atom. The predicted octanol–water partition coefficient (Wildman–Crippen LogP) is 1.79. The van der Waals surface area contributed by atoms with Crippen LogP contribution in [-0.4, -0.2) is 31.5 Å². The molecular weight excluding hydrogens is 222 g/mol. The van der Waals surface area contributed by atoms with Gasteiger partial charge in [-0.25, -0.2) is 4.68 Å². The Kier molecular flexibility index (Phi) is 3.03. The van der Waals surface area contributed by atoms with Crippen LogP contribution in [0.5, 0.6) is 5.88 Å². The van der Waals surface area contributed by atoms with Crippen molar-refractivity contribution < 1.29 is 13.6 Å². The molecule has 0 aliphatic heterocycles. The molecule has 92 valence electrons. The summed E-state index contributed by atoms with van der Waals surface area (Å²) in [6.45, 7) is 7.70. The van der Waals surface area contributed by atoms with Crippen molar-refractivity contribution in [3.63, 3.8) is 0 Å². The summed E-state index contributed by atoms with van der Waals surface area (Å²) in [6, 6.07) is 1.06. The van der Waals surface area contributed by atoms with E-state index in [4.69, 9.17) is 14.6 Å². The Morgan fingerprint density at radius 1 is 1.56 bits per heavy atom. The molecule has 0 saturated carbocycles. The van der Waals surface area contributed by atoms with Crippen molar-refractivity contribution in [2.45, 2.75) is 32.4 Å². The standard InChI is InChI=1S/C10H21N3O2Si/c1-14-10-9(11)7-13(12-10)8-15-5-6-16(2,3)4/h7H,5-6,8,11H2,1-4H3/i1D3. The first-order valence-electron chi connectivity index (χ1n) is 6.66. The van der Waals surface area contributed by atoms with Crippen molar-refractivity contribution in [3.05, 3.63) is 6.20 Å². The van der Waals surface area contributed by atoms with Crippen molar-refractivity contribution >= 4 is 13.8 Å². The highest BCUT2D eigenvalue weighted by atomic mass is 28.3. The number of aromatic nitrogens is 2. The van der Waals surface area contributed by atoms with Gasteiger partial charge in [0.1, 0.15) is 12.4 Å². The molecule has 16 heavy (non-hydrogen) atoms. The fourth-order valence-corrected chi connectivity index (χ4v) is 1.86. The first-order chi connectivity index (χ1) is 8.57. The quantitative estimate of drug-likeness (QED) is 0.614. The van der Waals surface area contributed by atoms with Gasteiger partial charge in [-0.05, 0) is 6.04 Å². The van der Waals surface area contributed by atoms with E-state index >= 15 is 0 Å². The summed E-state index contributed by atoms with van der Waals surface area (Å²) < 4.78 is 32.6. The molecule has 0 unspecified atom stereocenters. The largest absolute Gasteiger partial charge is 0.478 e. The first-order valence-corrected chi connectivity index (χ1v) is 8.87. The normalized spacial score (nSPS) is 15.3. The number of nitrogens with two attached hydrogens (primary N) is 1. The van der Waals surface area contributed by atoms with Crippen LogP contribution in [0.4, 0.5) is 5.69 Å². The molecule has 0 aromatic carbocycles. The van der Waals surface area contributed by atoms with Gasteiger partial charge in [0.15, 0.2) is 0 Å². The van der Waals surface area contributed by atoms with Gasteiger partial charge in [0, 0.05) is 14.7 Å².